The monoisotopic (exact) mass is 1000 g/mol. The highest BCUT2D eigenvalue weighted by atomic mass is 31.2. The summed E-state index contributed by atoms with van der Waals surface area (Å²) in [4.78, 5) is 25.5. The van der Waals surface area contributed by atoms with E-state index in [2.05, 4.69) is 67.8 Å². The second kappa shape index (κ2) is 52.1. The summed E-state index contributed by atoms with van der Waals surface area (Å²) in [6, 6.07) is -0.909. The molecule has 0 saturated carbocycles. The summed E-state index contributed by atoms with van der Waals surface area (Å²) >= 11 is 0. The zero-order chi connectivity index (χ0) is 51.3. The predicted molar refractivity (Wildman–Crippen MR) is 302 cm³/mol. The minimum absolute atomic E-state index is 0.00876. The van der Waals surface area contributed by atoms with Crippen molar-refractivity contribution in [1.29, 1.82) is 0 Å². The highest BCUT2D eigenvalue weighted by Crippen LogP contribution is 2.38. The molecule has 0 spiro atoms. The zero-order valence-corrected chi connectivity index (χ0v) is 47.6. The minimum Gasteiger partial charge on any atom is -0.756 e. The number of aliphatic hydroxyl groups is 1. The van der Waals surface area contributed by atoms with Gasteiger partial charge < -0.3 is 28.8 Å². The van der Waals surface area contributed by atoms with Crippen LogP contribution >= 0.6 is 7.82 Å². The van der Waals surface area contributed by atoms with Crippen molar-refractivity contribution in [3.05, 3.63) is 60.8 Å². The van der Waals surface area contributed by atoms with E-state index in [1.165, 1.54) is 199 Å². The van der Waals surface area contributed by atoms with Gasteiger partial charge in [-0.1, -0.05) is 254 Å². The molecule has 9 heteroatoms. The Morgan fingerprint density at radius 2 is 0.843 bits per heavy atom. The highest BCUT2D eigenvalue weighted by molar-refractivity contribution is 7.45. The molecule has 0 aromatic carbocycles. The molecule has 0 bridgehead atoms. The molecule has 0 aromatic heterocycles. The molecule has 0 rings (SSSR count). The van der Waals surface area contributed by atoms with Crippen molar-refractivity contribution in [3.8, 4) is 0 Å². The number of carbonyl (C=O) groups excluding carboxylic acids is 1. The molecule has 0 aliphatic carbocycles. The first-order chi connectivity index (χ1) is 34.0. The maximum absolute atomic E-state index is 13.0. The van der Waals surface area contributed by atoms with Crippen molar-refractivity contribution >= 4 is 13.7 Å². The van der Waals surface area contributed by atoms with Crippen LogP contribution in [0.25, 0.3) is 0 Å². The summed E-state index contributed by atoms with van der Waals surface area (Å²) in [5.74, 6) is -0.210. The van der Waals surface area contributed by atoms with Crippen LogP contribution in [0.2, 0.25) is 0 Å². The number of aliphatic hydroxyl groups excluding tert-OH is 1. The summed E-state index contributed by atoms with van der Waals surface area (Å²) in [5.41, 5.74) is 0. The minimum atomic E-state index is -4.61. The molecule has 0 aromatic rings. The quantitative estimate of drug-likeness (QED) is 0.0272. The van der Waals surface area contributed by atoms with Crippen LogP contribution in [-0.2, 0) is 18.4 Å². The Bertz CT molecular complexity index is 1320. The molecule has 0 radical (unpaired) electrons. The lowest BCUT2D eigenvalue weighted by Crippen LogP contribution is -2.45. The number of nitrogens with zero attached hydrogens (tertiary/aromatic N) is 1. The number of likely N-dealkylation sites (N-methyl/N-ethyl adjacent to an activating group) is 1. The second-order valence-electron chi connectivity index (χ2n) is 21.3. The van der Waals surface area contributed by atoms with Gasteiger partial charge >= 0.3 is 0 Å². The van der Waals surface area contributed by atoms with E-state index in [4.69, 9.17) is 9.05 Å². The van der Waals surface area contributed by atoms with Crippen LogP contribution in [0.5, 0.6) is 0 Å². The van der Waals surface area contributed by atoms with Crippen molar-refractivity contribution in [2.45, 2.75) is 283 Å². The fourth-order valence-corrected chi connectivity index (χ4v) is 9.25. The normalized spacial score (nSPS) is 14.3. The Labute approximate surface area is 434 Å². The molecule has 8 nitrogen and oxygen atoms in total. The van der Waals surface area contributed by atoms with Gasteiger partial charge in [0.05, 0.1) is 39.9 Å². The first-order valence-corrected chi connectivity index (χ1v) is 31.1. The number of amides is 1. The molecular formula is C61H115N2O6P. The number of rotatable bonds is 54. The highest BCUT2D eigenvalue weighted by Gasteiger charge is 2.23. The van der Waals surface area contributed by atoms with E-state index in [9.17, 15) is 19.4 Å². The number of phosphoric acid groups is 1. The summed E-state index contributed by atoms with van der Waals surface area (Å²) < 4.78 is 23.3. The maximum Gasteiger partial charge on any atom is 0.268 e. The fraction of sp³-hybridized carbons (Fsp3) is 0.820. The molecule has 2 N–H and O–H groups in total. The van der Waals surface area contributed by atoms with Crippen LogP contribution in [0.15, 0.2) is 60.8 Å². The zero-order valence-electron chi connectivity index (χ0n) is 46.7. The van der Waals surface area contributed by atoms with Crippen LogP contribution in [0.4, 0.5) is 0 Å². The third-order valence-corrected chi connectivity index (χ3v) is 14.2. The molecular weight excluding hydrogens is 888 g/mol. The Morgan fingerprint density at radius 3 is 1.26 bits per heavy atom. The predicted octanol–water partition coefficient (Wildman–Crippen LogP) is 17.5. The molecule has 410 valence electrons. The van der Waals surface area contributed by atoms with E-state index in [0.717, 1.165) is 51.4 Å². The Hall–Kier alpha value is -1.80. The van der Waals surface area contributed by atoms with Gasteiger partial charge in [0, 0.05) is 6.42 Å². The number of phosphoric ester groups is 1. The number of carbonyl (C=O) groups is 1. The van der Waals surface area contributed by atoms with Crippen LogP contribution < -0.4 is 10.2 Å². The summed E-state index contributed by atoms with van der Waals surface area (Å²) in [7, 11) is 1.24. The summed E-state index contributed by atoms with van der Waals surface area (Å²) in [6.07, 6.45) is 70.1. The number of allylic oxidation sites excluding steroid dienone is 9. The van der Waals surface area contributed by atoms with Crippen molar-refractivity contribution in [3.63, 3.8) is 0 Å². The van der Waals surface area contributed by atoms with E-state index in [0.29, 0.717) is 17.4 Å². The van der Waals surface area contributed by atoms with Crippen molar-refractivity contribution in [2.24, 2.45) is 0 Å². The van der Waals surface area contributed by atoms with E-state index < -0.39 is 26.6 Å². The van der Waals surface area contributed by atoms with E-state index in [1.54, 1.807) is 6.08 Å². The van der Waals surface area contributed by atoms with Gasteiger partial charge in [0.2, 0.25) is 5.91 Å². The number of hydrogen-bond acceptors (Lipinski definition) is 6. The van der Waals surface area contributed by atoms with Gasteiger partial charge in [-0.2, -0.15) is 0 Å². The lowest BCUT2D eigenvalue weighted by molar-refractivity contribution is -0.870. The third-order valence-electron chi connectivity index (χ3n) is 13.2. The Morgan fingerprint density at radius 1 is 0.500 bits per heavy atom. The lowest BCUT2D eigenvalue weighted by atomic mass is 10.0. The van der Waals surface area contributed by atoms with Crippen LogP contribution in [-0.4, -0.2) is 68.5 Å². The van der Waals surface area contributed by atoms with Crippen molar-refractivity contribution in [2.75, 3.05) is 40.9 Å². The van der Waals surface area contributed by atoms with E-state index in [-0.39, 0.29) is 12.5 Å². The van der Waals surface area contributed by atoms with Gasteiger partial charge in [-0.15, -0.1) is 0 Å². The summed E-state index contributed by atoms with van der Waals surface area (Å²) in [6.45, 7) is 4.64. The second-order valence-corrected chi connectivity index (χ2v) is 22.8. The van der Waals surface area contributed by atoms with Crippen molar-refractivity contribution in [1.82, 2.24) is 5.32 Å². The van der Waals surface area contributed by atoms with Crippen LogP contribution in [0.1, 0.15) is 271 Å². The van der Waals surface area contributed by atoms with Gasteiger partial charge in [0.25, 0.3) is 7.82 Å². The SMILES string of the molecule is CCCCCCC/C=C\C/C=C\C/C=C\CCCCCCCCCCCCC(=O)NC(COP(=O)([O-])OCC[N+](C)(C)C)C(O)/C=C/CC/C=C/CCCCCCCCCCCCCCCCCCC. The van der Waals surface area contributed by atoms with Crippen LogP contribution in [0.3, 0.4) is 0 Å². The Balaban J connectivity index is 4.26. The largest absolute Gasteiger partial charge is 0.756 e. The van der Waals surface area contributed by atoms with Gasteiger partial charge in [-0.25, -0.2) is 0 Å². The maximum atomic E-state index is 13.0. The number of nitrogens with one attached hydrogen (secondary N) is 1. The van der Waals surface area contributed by atoms with Gasteiger partial charge in [0.15, 0.2) is 0 Å². The number of hydrogen-bond donors (Lipinski definition) is 2. The molecule has 1 amide bonds. The molecule has 70 heavy (non-hydrogen) atoms. The average Bonchev–Trinajstić information content (AvgIpc) is 3.32. The van der Waals surface area contributed by atoms with Gasteiger partial charge in [0.1, 0.15) is 13.2 Å². The van der Waals surface area contributed by atoms with Gasteiger partial charge in [-0.3, -0.25) is 9.36 Å². The molecule has 0 heterocycles. The topological polar surface area (TPSA) is 108 Å². The molecule has 0 fully saturated rings. The standard InChI is InChI=1S/C61H115N2O6P/c1-6-8-10-12-14-16-18-20-22-24-26-28-30-31-33-35-37-39-41-43-45-47-49-51-53-55-61(65)62-59(58-69-70(66,67)68-57-56-63(3,4)5)60(64)54-52-50-48-46-44-42-40-38-36-34-32-29-27-25-23-21-19-17-15-13-11-9-7-2/h18,20,24,26,30-31,44,46,52,54,59-60,64H,6-17,19,21-23,25,27-29,32-43,45,47-51,53,55-58H2,1-5H3,(H-,62,65,66,67)/b20-18-,26-24-,31-30-,46-44+,54-52+. The fourth-order valence-electron chi connectivity index (χ4n) is 8.53. The molecule has 0 saturated heterocycles. The molecule has 0 aliphatic rings. The number of unbranched alkanes of at least 4 members (excludes halogenated alkanes) is 33. The third kappa shape index (κ3) is 54.0. The van der Waals surface area contributed by atoms with E-state index in [1.807, 2.05) is 27.2 Å². The average molecular weight is 1000 g/mol. The van der Waals surface area contributed by atoms with Gasteiger partial charge in [-0.05, 0) is 70.6 Å². The Kier molecular flexibility index (Phi) is 50.7. The first kappa shape index (κ1) is 68.2. The first-order valence-electron chi connectivity index (χ1n) is 29.7. The van der Waals surface area contributed by atoms with Crippen LogP contribution in [0, 0.1) is 0 Å². The lowest BCUT2D eigenvalue weighted by Gasteiger charge is -2.29. The summed E-state index contributed by atoms with van der Waals surface area (Å²) in [5, 5.41) is 13.9. The smallest absolute Gasteiger partial charge is 0.268 e. The molecule has 3 unspecified atom stereocenters. The molecule has 0 aliphatic heterocycles. The number of quaternary nitrogens is 1. The van der Waals surface area contributed by atoms with Crippen molar-refractivity contribution < 1.29 is 32.9 Å². The molecule has 3 atom stereocenters. The van der Waals surface area contributed by atoms with E-state index >= 15 is 0 Å².